The lowest BCUT2D eigenvalue weighted by Crippen LogP contribution is -2.28. The van der Waals surface area contributed by atoms with Crippen molar-refractivity contribution in [3.63, 3.8) is 0 Å². The van der Waals surface area contributed by atoms with Crippen molar-refractivity contribution in [2.24, 2.45) is 11.8 Å². The molecule has 0 saturated carbocycles. The summed E-state index contributed by atoms with van der Waals surface area (Å²) >= 11 is 0. The fraction of sp³-hybridized carbons (Fsp3) is 0.645. The van der Waals surface area contributed by atoms with Crippen molar-refractivity contribution in [2.75, 3.05) is 6.61 Å². The lowest BCUT2D eigenvalue weighted by atomic mass is 9.90. The van der Waals surface area contributed by atoms with Gasteiger partial charge >= 0.3 is 5.97 Å². The molecule has 6 nitrogen and oxygen atoms in total. The number of aliphatic hydroxyl groups is 1. The topological polar surface area (TPSA) is 77.5 Å². The molecular weight excluding hydrogens is 468 g/mol. The number of ether oxygens (including phenoxy) is 4. The summed E-state index contributed by atoms with van der Waals surface area (Å²) in [5.41, 5.74) is 2.36. The van der Waals surface area contributed by atoms with Gasteiger partial charge in [-0.2, -0.15) is 0 Å². The number of hydrogen-bond donors (Lipinski definition) is 1. The van der Waals surface area contributed by atoms with Crippen molar-refractivity contribution in [3.05, 3.63) is 60.3 Å². The van der Waals surface area contributed by atoms with Crippen LogP contribution in [0.15, 0.2) is 60.3 Å². The van der Waals surface area contributed by atoms with Gasteiger partial charge in [0, 0.05) is 18.4 Å². The summed E-state index contributed by atoms with van der Waals surface area (Å²) in [6.07, 6.45) is 17.9. The van der Waals surface area contributed by atoms with Crippen LogP contribution in [0, 0.1) is 11.8 Å². The maximum absolute atomic E-state index is 12.8. The highest BCUT2D eigenvalue weighted by Gasteiger charge is 2.46. The minimum Gasteiger partial charge on any atom is -0.459 e. The van der Waals surface area contributed by atoms with Gasteiger partial charge < -0.3 is 24.1 Å². The molecule has 0 aliphatic carbocycles. The van der Waals surface area contributed by atoms with E-state index in [1.807, 2.05) is 13.0 Å². The van der Waals surface area contributed by atoms with E-state index < -0.39 is 6.10 Å². The molecule has 0 radical (unpaired) electrons. The summed E-state index contributed by atoms with van der Waals surface area (Å²) in [5, 5.41) is 10.8. The third kappa shape index (κ3) is 8.78. The Morgan fingerprint density at radius 2 is 1.97 bits per heavy atom. The van der Waals surface area contributed by atoms with E-state index in [1.54, 1.807) is 0 Å². The van der Waals surface area contributed by atoms with E-state index in [0.29, 0.717) is 31.8 Å². The largest absolute Gasteiger partial charge is 0.459 e. The Morgan fingerprint density at radius 3 is 2.78 bits per heavy atom. The SMILES string of the molecule is C=C1C[C@H](C)C[C@@H]2CC=C[C@@H](C/C=C/C(=O)O[C@H]([C@@H](C)/C=C/[C@@H]3CC(C)=CCO3)C[C@H]3O[C@H]3[C@@H](O)C1)O2. The molecule has 0 spiro atoms. The van der Waals surface area contributed by atoms with E-state index in [2.05, 4.69) is 50.8 Å². The fourth-order valence-corrected chi connectivity index (χ4v) is 5.63. The highest BCUT2D eigenvalue weighted by molar-refractivity contribution is 5.82. The Hall–Kier alpha value is -1.99. The quantitative estimate of drug-likeness (QED) is 0.311. The summed E-state index contributed by atoms with van der Waals surface area (Å²) < 4.78 is 23.9. The average Bonchev–Trinajstić information content (AvgIpc) is 3.61. The van der Waals surface area contributed by atoms with Crippen LogP contribution in [0.1, 0.15) is 65.7 Å². The van der Waals surface area contributed by atoms with Gasteiger partial charge in [-0.3, -0.25) is 0 Å². The van der Waals surface area contributed by atoms with E-state index >= 15 is 0 Å². The molecule has 1 N–H and O–H groups in total. The van der Waals surface area contributed by atoms with Crippen LogP contribution in [-0.2, 0) is 23.7 Å². The lowest BCUT2D eigenvalue weighted by Gasteiger charge is -2.28. The predicted octanol–water partition coefficient (Wildman–Crippen LogP) is 5.38. The van der Waals surface area contributed by atoms with Crippen LogP contribution < -0.4 is 0 Å². The number of fused-ring (bicyclic) bond motifs is 3. The Morgan fingerprint density at radius 1 is 1.14 bits per heavy atom. The van der Waals surface area contributed by atoms with Gasteiger partial charge in [-0.15, -0.1) is 0 Å². The van der Waals surface area contributed by atoms with Gasteiger partial charge in [-0.1, -0.05) is 68.0 Å². The number of esters is 1. The third-order valence-electron chi connectivity index (χ3n) is 7.75. The van der Waals surface area contributed by atoms with Crippen LogP contribution in [-0.4, -0.2) is 60.4 Å². The molecule has 9 atom stereocenters. The first-order chi connectivity index (χ1) is 17.8. The maximum atomic E-state index is 12.8. The number of cyclic esters (lactones) is 1. The maximum Gasteiger partial charge on any atom is 0.330 e. The molecule has 4 aliphatic rings. The zero-order valence-corrected chi connectivity index (χ0v) is 22.6. The fourth-order valence-electron chi connectivity index (χ4n) is 5.63. The predicted molar refractivity (Wildman–Crippen MR) is 144 cm³/mol. The first kappa shape index (κ1) is 28.0. The van der Waals surface area contributed by atoms with Gasteiger partial charge in [0.25, 0.3) is 0 Å². The van der Waals surface area contributed by atoms with Crippen molar-refractivity contribution in [1.82, 2.24) is 0 Å². The molecule has 1 fully saturated rings. The third-order valence-corrected chi connectivity index (χ3v) is 7.75. The number of epoxide rings is 1. The van der Waals surface area contributed by atoms with E-state index in [0.717, 1.165) is 31.3 Å². The minimum atomic E-state index is -0.602. The molecule has 0 aromatic carbocycles. The Balaban J connectivity index is 1.44. The first-order valence-corrected chi connectivity index (χ1v) is 13.9. The van der Waals surface area contributed by atoms with Gasteiger partial charge in [-0.05, 0) is 51.4 Å². The second-order valence-corrected chi connectivity index (χ2v) is 11.4. The molecule has 6 heteroatoms. The van der Waals surface area contributed by atoms with Crippen molar-refractivity contribution in [3.8, 4) is 0 Å². The average molecular weight is 513 g/mol. The summed E-state index contributed by atoms with van der Waals surface area (Å²) in [6.45, 7) is 11.2. The van der Waals surface area contributed by atoms with Crippen molar-refractivity contribution in [1.29, 1.82) is 0 Å². The normalized spacial score (nSPS) is 39.6. The van der Waals surface area contributed by atoms with Gasteiger partial charge in [0.05, 0.1) is 37.1 Å². The summed E-state index contributed by atoms with van der Waals surface area (Å²) in [6, 6.07) is 0. The highest BCUT2D eigenvalue weighted by Crippen LogP contribution is 2.35. The minimum absolute atomic E-state index is 0.0269. The molecule has 0 unspecified atom stereocenters. The van der Waals surface area contributed by atoms with Gasteiger partial charge in [-0.25, -0.2) is 4.79 Å². The molecule has 0 amide bonds. The van der Waals surface area contributed by atoms with Crippen molar-refractivity contribution < 1.29 is 28.8 Å². The zero-order valence-electron chi connectivity index (χ0n) is 22.6. The summed E-state index contributed by atoms with van der Waals surface area (Å²) in [4.78, 5) is 12.8. The molecule has 4 aliphatic heterocycles. The summed E-state index contributed by atoms with van der Waals surface area (Å²) in [7, 11) is 0. The van der Waals surface area contributed by atoms with Crippen LogP contribution in [0.2, 0.25) is 0 Å². The number of carbonyl (C=O) groups excluding carboxylic acids is 1. The van der Waals surface area contributed by atoms with Crippen LogP contribution in [0.4, 0.5) is 0 Å². The van der Waals surface area contributed by atoms with E-state index in [4.69, 9.17) is 18.9 Å². The molecule has 37 heavy (non-hydrogen) atoms. The molecule has 4 rings (SSSR count). The molecule has 204 valence electrons. The number of hydrogen-bond acceptors (Lipinski definition) is 6. The van der Waals surface area contributed by atoms with Gasteiger partial charge in [0.1, 0.15) is 12.2 Å². The lowest BCUT2D eigenvalue weighted by molar-refractivity contribution is -0.145. The summed E-state index contributed by atoms with van der Waals surface area (Å²) in [5.74, 6) is 0.0256. The molecular formula is C31H44O6. The number of rotatable bonds is 3. The number of aliphatic hydroxyl groups excluding tert-OH is 1. The first-order valence-electron chi connectivity index (χ1n) is 13.9. The van der Waals surface area contributed by atoms with E-state index in [9.17, 15) is 9.90 Å². The molecule has 2 bridgehead atoms. The molecule has 1 saturated heterocycles. The Labute approximate surface area is 222 Å². The van der Waals surface area contributed by atoms with Crippen LogP contribution in [0.3, 0.4) is 0 Å². The highest BCUT2D eigenvalue weighted by atomic mass is 16.6. The molecule has 0 aromatic rings. The second-order valence-electron chi connectivity index (χ2n) is 11.4. The van der Waals surface area contributed by atoms with Gasteiger partial charge in [0.15, 0.2) is 0 Å². The second kappa shape index (κ2) is 13.2. The van der Waals surface area contributed by atoms with Crippen molar-refractivity contribution in [2.45, 2.75) is 108 Å². The van der Waals surface area contributed by atoms with Crippen LogP contribution >= 0.6 is 0 Å². The van der Waals surface area contributed by atoms with E-state index in [-0.39, 0.29) is 48.5 Å². The van der Waals surface area contributed by atoms with Crippen LogP contribution in [0.5, 0.6) is 0 Å². The van der Waals surface area contributed by atoms with E-state index in [1.165, 1.54) is 11.6 Å². The molecule has 0 aromatic heterocycles. The standard InChI is InChI=1S/C31H44O6/c1-20-13-14-34-25(16-20)12-11-23(4)28-19-29-31(37-29)27(32)18-22(3)15-21(2)17-26-9-5-7-24(35-26)8-6-10-30(33)36-28/h5-7,10-13,21,23-29,31-32H,3,8-9,14-19H2,1-2,4H3/b10-6+,12-11+/t21-,23-,24-,25+,26-,27-,28-,29+,31-/m0/s1. The van der Waals surface area contributed by atoms with Crippen LogP contribution in [0.25, 0.3) is 0 Å². The van der Waals surface area contributed by atoms with Crippen molar-refractivity contribution >= 4 is 5.97 Å². The number of carbonyl (C=O) groups is 1. The van der Waals surface area contributed by atoms with Gasteiger partial charge in [0.2, 0.25) is 0 Å². The smallest absolute Gasteiger partial charge is 0.330 e. The Kier molecular flexibility index (Phi) is 9.99. The zero-order chi connectivity index (χ0) is 26.4. The Bertz CT molecular complexity index is 917. The monoisotopic (exact) mass is 512 g/mol. The molecule has 4 heterocycles.